The van der Waals surface area contributed by atoms with E-state index < -0.39 is 0 Å². The molecule has 0 saturated heterocycles. The Labute approximate surface area is 74.4 Å². The molecule has 0 aliphatic rings. The van der Waals surface area contributed by atoms with Gasteiger partial charge < -0.3 is 5.32 Å². The lowest BCUT2D eigenvalue weighted by Gasteiger charge is -2.07. The molecule has 0 rings (SSSR count). The molecule has 0 spiro atoms. The average molecular weight is 167 g/mol. The van der Waals surface area contributed by atoms with E-state index in [1.807, 2.05) is 19.9 Å². The molecule has 0 atom stereocenters. The van der Waals surface area contributed by atoms with Crippen LogP contribution in [0.2, 0.25) is 0 Å². The molecule has 0 aromatic rings. The van der Waals surface area contributed by atoms with Crippen LogP contribution in [0.25, 0.3) is 0 Å². The molecule has 0 bridgehead atoms. The van der Waals surface area contributed by atoms with Gasteiger partial charge in [0.05, 0.1) is 0 Å². The summed E-state index contributed by atoms with van der Waals surface area (Å²) in [7, 11) is 0. The fourth-order valence-electron chi connectivity index (χ4n) is 1.00. The SMILES string of the molecule is C/C=C(NC(C)=O)\C(C)=C/CC. The van der Waals surface area contributed by atoms with E-state index in [2.05, 4.69) is 18.3 Å². The number of hydrogen-bond acceptors (Lipinski definition) is 1. The summed E-state index contributed by atoms with van der Waals surface area (Å²) < 4.78 is 0. The lowest BCUT2D eigenvalue weighted by atomic mass is 10.2. The minimum absolute atomic E-state index is 0.0213. The second kappa shape index (κ2) is 5.58. The summed E-state index contributed by atoms with van der Waals surface area (Å²) in [5.74, 6) is -0.0213. The molecule has 0 aromatic heterocycles. The van der Waals surface area contributed by atoms with E-state index in [9.17, 15) is 4.79 Å². The summed E-state index contributed by atoms with van der Waals surface area (Å²) in [6, 6.07) is 0. The molecule has 0 aliphatic carbocycles. The topological polar surface area (TPSA) is 29.1 Å². The summed E-state index contributed by atoms with van der Waals surface area (Å²) in [6.45, 7) is 7.50. The van der Waals surface area contributed by atoms with Crippen LogP contribution in [0.4, 0.5) is 0 Å². The molecule has 1 N–H and O–H groups in total. The highest BCUT2D eigenvalue weighted by Crippen LogP contribution is 2.06. The number of carbonyl (C=O) groups excluding carboxylic acids is 1. The van der Waals surface area contributed by atoms with Crippen molar-refractivity contribution in [3.8, 4) is 0 Å². The van der Waals surface area contributed by atoms with Crippen LogP contribution < -0.4 is 5.32 Å². The fourth-order valence-corrected chi connectivity index (χ4v) is 1.00. The van der Waals surface area contributed by atoms with Crippen molar-refractivity contribution in [2.75, 3.05) is 0 Å². The lowest BCUT2D eigenvalue weighted by Crippen LogP contribution is -2.19. The first-order chi connectivity index (χ1) is 5.61. The van der Waals surface area contributed by atoms with Gasteiger partial charge in [0.15, 0.2) is 0 Å². The third-order valence-electron chi connectivity index (χ3n) is 1.53. The first kappa shape index (κ1) is 11.0. The van der Waals surface area contributed by atoms with Gasteiger partial charge in [-0.2, -0.15) is 0 Å². The molecule has 0 unspecified atom stereocenters. The maximum absolute atomic E-state index is 10.7. The molecule has 0 aromatic carbocycles. The summed E-state index contributed by atoms with van der Waals surface area (Å²) in [4.78, 5) is 10.7. The Morgan fingerprint density at radius 2 is 2.00 bits per heavy atom. The van der Waals surface area contributed by atoms with Gasteiger partial charge in [-0.05, 0) is 25.8 Å². The normalized spacial score (nSPS) is 13.0. The number of nitrogens with one attached hydrogen (secondary N) is 1. The van der Waals surface area contributed by atoms with E-state index in [0.717, 1.165) is 17.7 Å². The number of hydrogen-bond donors (Lipinski definition) is 1. The Bertz CT molecular complexity index is 214. The molecule has 68 valence electrons. The monoisotopic (exact) mass is 167 g/mol. The van der Waals surface area contributed by atoms with Crippen LogP contribution in [-0.2, 0) is 4.79 Å². The molecule has 0 saturated carbocycles. The van der Waals surface area contributed by atoms with Gasteiger partial charge in [0.2, 0.25) is 5.91 Å². The summed E-state index contributed by atoms with van der Waals surface area (Å²) in [5.41, 5.74) is 2.03. The molecule has 1 amide bonds. The largest absolute Gasteiger partial charge is 0.326 e. The van der Waals surface area contributed by atoms with Crippen molar-refractivity contribution in [3.05, 3.63) is 23.4 Å². The Morgan fingerprint density at radius 1 is 1.42 bits per heavy atom. The molecule has 12 heavy (non-hydrogen) atoms. The smallest absolute Gasteiger partial charge is 0.221 e. The van der Waals surface area contributed by atoms with E-state index in [1.54, 1.807) is 0 Å². The molecule has 0 radical (unpaired) electrons. The molecular formula is C10H17NO. The molecule has 2 heteroatoms. The van der Waals surface area contributed by atoms with Crippen molar-refractivity contribution in [1.29, 1.82) is 0 Å². The maximum atomic E-state index is 10.7. The van der Waals surface area contributed by atoms with Gasteiger partial charge in [-0.3, -0.25) is 4.79 Å². The number of allylic oxidation sites excluding steroid dienone is 3. The van der Waals surface area contributed by atoms with Crippen LogP contribution in [0.15, 0.2) is 23.4 Å². The standard InChI is InChI=1S/C10H17NO/c1-5-7-8(3)10(6-2)11-9(4)12/h6-7H,5H2,1-4H3,(H,11,12)/b8-7-,10-6+. The minimum atomic E-state index is -0.0213. The molecule has 0 aliphatic heterocycles. The summed E-state index contributed by atoms with van der Waals surface area (Å²) in [5, 5.41) is 2.77. The van der Waals surface area contributed by atoms with Crippen LogP contribution in [-0.4, -0.2) is 5.91 Å². The van der Waals surface area contributed by atoms with Crippen molar-refractivity contribution in [2.45, 2.75) is 34.1 Å². The predicted molar refractivity (Wildman–Crippen MR) is 51.6 cm³/mol. The average Bonchev–Trinajstić information content (AvgIpc) is 2.00. The fraction of sp³-hybridized carbons (Fsp3) is 0.500. The van der Waals surface area contributed by atoms with E-state index in [0.29, 0.717) is 0 Å². The maximum Gasteiger partial charge on any atom is 0.221 e. The second-order valence-corrected chi connectivity index (χ2v) is 2.68. The number of rotatable bonds is 3. The molecule has 0 fully saturated rings. The van der Waals surface area contributed by atoms with Crippen LogP contribution in [0.3, 0.4) is 0 Å². The van der Waals surface area contributed by atoms with Crippen LogP contribution in [0.1, 0.15) is 34.1 Å². The number of amides is 1. The van der Waals surface area contributed by atoms with Crippen LogP contribution >= 0.6 is 0 Å². The van der Waals surface area contributed by atoms with Gasteiger partial charge in [-0.1, -0.05) is 19.1 Å². The Morgan fingerprint density at radius 3 is 2.33 bits per heavy atom. The highest BCUT2D eigenvalue weighted by Gasteiger charge is 1.98. The van der Waals surface area contributed by atoms with Crippen molar-refractivity contribution in [1.82, 2.24) is 5.32 Å². The van der Waals surface area contributed by atoms with Crippen LogP contribution in [0, 0.1) is 0 Å². The molecule has 2 nitrogen and oxygen atoms in total. The van der Waals surface area contributed by atoms with Gasteiger partial charge in [-0.25, -0.2) is 0 Å². The Hall–Kier alpha value is -1.05. The summed E-state index contributed by atoms with van der Waals surface area (Å²) in [6.07, 6.45) is 4.98. The molecular weight excluding hydrogens is 150 g/mol. The predicted octanol–water partition coefficient (Wildman–Crippen LogP) is 2.38. The zero-order chi connectivity index (χ0) is 9.56. The third kappa shape index (κ3) is 3.96. The zero-order valence-electron chi connectivity index (χ0n) is 8.27. The van der Waals surface area contributed by atoms with Crippen LogP contribution in [0.5, 0.6) is 0 Å². The highest BCUT2D eigenvalue weighted by molar-refractivity contribution is 5.75. The van der Waals surface area contributed by atoms with Crippen molar-refractivity contribution < 1.29 is 4.79 Å². The quantitative estimate of drug-likeness (QED) is 0.642. The van der Waals surface area contributed by atoms with Gasteiger partial charge >= 0.3 is 0 Å². The summed E-state index contributed by atoms with van der Waals surface area (Å²) >= 11 is 0. The first-order valence-electron chi connectivity index (χ1n) is 4.22. The van der Waals surface area contributed by atoms with Crippen molar-refractivity contribution in [2.24, 2.45) is 0 Å². The Balaban J connectivity index is 4.37. The van der Waals surface area contributed by atoms with Crippen molar-refractivity contribution in [3.63, 3.8) is 0 Å². The first-order valence-corrected chi connectivity index (χ1v) is 4.22. The van der Waals surface area contributed by atoms with Crippen molar-refractivity contribution >= 4 is 5.91 Å². The lowest BCUT2D eigenvalue weighted by molar-refractivity contribution is -0.118. The highest BCUT2D eigenvalue weighted by atomic mass is 16.1. The van der Waals surface area contributed by atoms with E-state index in [1.165, 1.54) is 6.92 Å². The minimum Gasteiger partial charge on any atom is -0.326 e. The van der Waals surface area contributed by atoms with E-state index >= 15 is 0 Å². The Kier molecular flexibility index (Phi) is 5.09. The third-order valence-corrected chi connectivity index (χ3v) is 1.53. The van der Waals surface area contributed by atoms with Gasteiger partial charge in [0.25, 0.3) is 0 Å². The van der Waals surface area contributed by atoms with Gasteiger partial charge in [-0.15, -0.1) is 0 Å². The zero-order valence-corrected chi connectivity index (χ0v) is 8.27. The van der Waals surface area contributed by atoms with Gasteiger partial charge in [0.1, 0.15) is 0 Å². The van der Waals surface area contributed by atoms with E-state index in [-0.39, 0.29) is 5.91 Å². The molecule has 0 heterocycles. The second-order valence-electron chi connectivity index (χ2n) is 2.68. The van der Waals surface area contributed by atoms with E-state index in [4.69, 9.17) is 0 Å². The number of carbonyl (C=O) groups is 1. The van der Waals surface area contributed by atoms with Gasteiger partial charge in [0, 0.05) is 12.6 Å².